The van der Waals surface area contributed by atoms with E-state index in [4.69, 9.17) is 4.74 Å². The van der Waals surface area contributed by atoms with Crippen LogP contribution in [0.5, 0.6) is 0 Å². The Morgan fingerprint density at radius 1 is 1.38 bits per heavy atom. The van der Waals surface area contributed by atoms with Gasteiger partial charge < -0.3 is 4.74 Å². The number of hydrogen-bond acceptors (Lipinski definition) is 2. The number of halogens is 1. The third-order valence-electron chi connectivity index (χ3n) is 3.34. The molecule has 0 aliphatic carbocycles. The second-order valence-electron chi connectivity index (χ2n) is 4.22. The number of cyclic esters (lactones) is 1. The topological polar surface area (TPSA) is 26.3 Å². The molecule has 0 bridgehead atoms. The van der Waals surface area contributed by atoms with Crippen LogP contribution in [0, 0.1) is 5.92 Å². The summed E-state index contributed by atoms with van der Waals surface area (Å²) >= 11 is 3.59. The summed E-state index contributed by atoms with van der Waals surface area (Å²) in [5.41, 5.74) is 0.975. The van der Waals surface area contributed by atoms with Gasteiger partial charge in [-0.25, -0.2) is 0 Å². The number of carbonyl (C=O) groups is 1. The van der Waals surface area contributed by atoms with Crippen molar-refractivity contribution in [2.45, 2.75) is 30.7 Å². The Labute approximate surface area is 104 Å². The molecule has 0 amide bonds. The molecule has 0 aromatic heterocycles. The predicted octanol–water partition coefficient (Wildman–Crippen LogP) is 3.25. The van der Waals surface area contributed by atoms with Crippen molar-refractivity contribution in [3.05, 3.63) is 35.9 Å². The third kappa shape index (κ3) is 1.58. The number of carbonyl (C=O) groups excluding carboxylic acids is 1. The maximum absolute atomic E-state index is 12.0. The number of alkyl halides is 1. The summed E-state index contributed by atoms with van der Waals surface area (Å²) in [6, 6.07) is 9.76. The molecule has 2 nitrogen and oxygen atoms in total. The first kappa shape index (κ1) is 11.6. The van der Waals surface area contributed by atoms with Gasteiger partial charge in [-0.1, -0.05) is 60.1 Å². The SMILES string of the molecule is CCC1OC(=O)C(Br)(c2ccccc2)C1C. The molecule has 0 N–H and O–H groups in total. The van der Waals surface area contributed by atoms with Crippen LogP contribution in [0.15, 0.2) is 30.3 Å². The van der Waals surface area contributed by atoms with Crippen molar-refractivity contribution < 1.29 is 9.53 Å². The van der Waals surface area contributed by atoms with E-state index in [1.807, 2.05) is 37.3 Å². The lowest BCUT2D eigenvalue weighted by molar-refractivity contribution is -0.143. The van der Waals surface area contributed by atoms with E-state index in [1.54, 1.807) is 0 Å². The first-order valence-electron chi connectivity index (χ1n) is 5.56. The van der Waals surface area contributed by atoms with E-state index in [9.17, 15) is 4.79 Å². The number of hydrogen-bond donors (Lipinski definition) is 0. The monoisotopic (exact) mass is 282 g/mol. The van der Waals surface area contributed by atoms with Crippen LogP contribution in [0.3, 0.4) is 0 Å². The highest BCUT2D eigenvalue weighted by Crippen LogP contribution is 2.47. The van der Waals surface area contributed by atoms with Gasteiger partial charge in [0.25, 0.3) is 0 Å². The van der Waals surface area contributed by atoms with E-state index in [0.29, 0.717) is 0 Å². The Morgan fingerprint density at radius 2 is 2.00 bits per heavy atom. The van der Waals surface area contributed by atoms with Gasteiger partial charge in [0.1, 0.15) is 6.10 Å². The zero-order valence-electron chi connectivity index (χ0n) is 9.44. The van der Waals surface area contributed by atoms with Gasteiger partial charge in [0.15, 0.2) is 4.32 Å². The van der Waals surface area contributed by atoms with Crippen LogP contribution in [-0.2, 0) is 13.9 Å². The third-order valence-corrected chi connectivity index (χ3v) is 4.84. The first-order chi connectivity index (χ1) is 7.60. The molecule has 3 heteroatoms. The number of benzene rings is 1. The molecule has 86 valence electrons. The molecule has 1 heterocycles. The fourth-order valence-electron chi connectivity index (χ4n) is 2.27. The van der Waals surface area contributed by atoms with Gasteiger partial charge in [-0.3, -0.25) is 4.79 Å². The van der Waals surface area contributed by atoms with Crippen molar-refractivity contribution in [3.8, 4) is 0 Å². The van der Waals surface area contributed by atoms with Gasteiger partial charge in [-0.15, -0.1) is 0 Å². The Kier molecular flexibility index (Phi) is 3.06. The lowest BCUT2D eigenvalue weighted by Crippen LogP contribution is -2.31. The minimum absolute atomic E-state index is 0.00656. The molecule has 1 aliphatic heterocycles. The summed E-state index contributed by atoms with van der Waals surface area (Å²) in [4.78, 5) is 12.0. The molecule has 16 heavy (non-hydrogen) atoms. The summed E-state index contributed by atoms with van der Waals surface area (Å²) in [5, 5.41) is 0. The molecule has 2 rings (SSSR count). The fraction of sp³-hybridized carbons (Fsp3) is 0.462. The molecule has 0 saturated carbocycles. The van der Waals surface area contributed by atoms with Crippen LogP contribution in [0.4, 0.5) is 0 Å². The predicted molar refractivity (Wildman–Crippen MR) is 66.4 cm³/mol. The van der Waals surface area contributed by atoms with Crippen molar-refractivity contribution >= 4 is 21.9 Å². The highest BCUT2D eigenvalue weighted by Gasteiger charge is 2.54. The van der Waals surface area contributed by atoms with Crippen LogP contribution in [0.2, 0.25) is 0 Å². The molecule has 0 radical (unpaired) electrons. The molecule has 0 spiro atoms. The van der Waals surface area contributed by atoms with Crippen molar-refractivity contribution in [3.63, 3.8) is 0 Å². The largest absolute Gasteiger partial charge is 0.461 e. The van der Waals surface area contributed by atoms with E-state index < -0.39 is 4.32 Å². The molecule has 3 unspecified atom stereocenters. The van der Waals surface area contributed by atoms with E-state index in [2.05, 4.69) is 22.9 Å². The van der Waals surface area contributed by atoms with Crippen molar-refractivity contribution in [1.29, 1.82) is 0 Å². The summed E-state index contributed by atoms with van der Waals surface area (Å²) in [6.07, 6.45) is 0.861. The summed E-state index contributed by atoms with van der Waals surface area (Å²) in [7, 11) is 0. The van der Waals surface area contributed by atoms with E-state index in [-0.39, 0.29) is 18.0 Å². The Balaban J connectivity index is 2.42. The van der Waals surface area contributed by atoms with Gasteiger partial charge >= 0.3 is 5.97 Å². The quantitative estimate of drug-likeness (QED) is 0.615. The van der Waals surface area contributed by atoms with Crippen molar-refractivity contribution in [2.24, 2.45) is 5.92 Å². The van der Waals surface area contributed by atoms with E-state index in [1.165, 1.54) is 0 Å². The van der Waals surface area contributed by atoms with E-state index in [0.717, 1.165) is 12.0 Å². The molecule has 1 saturated heterocycles. The molecule has 1 fully saturated rings. The van der Waals surface area contributed by atoms with Crippen LogP contribution < -0.4 is 0 Å². The summed E-state index contributed by atoms with van der Waals surface area (Å²) < 4.78 is 4.74. The fourth-order valence-corrected chi connectivity index (χ4v) is 2.92. The zero-order chi connectivity index (χ0) is 11.8. The van der Waals surface area contributed by atoms with Crippen LogP contribution >= 0.6 is 15.9 Å². The minimum atomic E-state index is -0.672. The minimum Gasteiger partial charge on any atom is -0.461 e. The maximum atomic E-state index is 12.0. The summed E-state index contributed by atoms with van der Waals surface area (Å²) in [6.45, 7) is 4.10. The molecule has 1 aromatic rings. The number of ether oxygens (including phenoxy) is 1. The summed E-state index contributed by atoms with van der Waals surface area (Å²) in [5.74, 6) is -0.0227. The normalized spacial score (nSPS) is 33.8. The molecular formula is C13H15BrO2. The van der Waals surface area contributed by atoms with Gasteiger partial charge in [-0.05, 0) is 12.0 Å². The van der Waals surface area contributed by atoms with E-state index >= 15 is 0 Å². The number of esters is 1. The van der Waals surface area contributed by atoms with Crippen molar-refractivity contribution in [2.75, 3.05) is 0 Å². The molecular weight excluding hydrogens is 268 g/mol. The Hall–Kier alpha value is -0.830. The zero-order valence-corrected chi connectivity index (χ0v) is 11.0. The van der Waals surface area contributed by atoms with Gasteiger partial charge in [-0.2, -0.15) is 0 Å². The van der Waals surface area contributed by atoms with Gasteiger partial charge in [0.2, 0.25) is 0 Å². The molecule has 1 aromatic carbocycles. The smallest absolute Gasteiger partial charge is 0.328 e. The standard InChI is InChI=1S/C13H15BrO2/c1-3-11-9(2)13(14,12(15)16-11)10-7-5-4-6-8-10/h4-9,11H,3H2,1-2H3. The first-order valence-corrected chi connectivity index (χ1v) is 6.35. The van der Waals surface area contributed by atoms with Gasteiger partial charge in [0, 0.05) is 5.92 Å². The Morgan fingerprint density at radius 3 is 2.50 bits per heavy atom. The molecule has 3 atom stereocenters. The molecule has 1 aliphatic rings. The average molecular weight is 283 g/mol. The number of rotatable bonds is 2. The highest BCUT2D eigenvalue weighted by atomic mass is 79.9. The average Bonchev–Trinajstić information content (AvgIpc) is 2.55. The van der Waals surface area contributed by atoms with Crippen LogP contribution in [-0.4, -0.2) is 12.1 Å². The second-order valence-corrected chi connectivity index (χ2v) is 5.47. The Bertz CT molecular complexity index is 390. The highest BCUT2D eigenvalue weighted by molar-refractivity contribution is 9.10. The van der Waals surface area contributed by atoms with Crippen LogP contribution in [0.25, 0.3) is 0 Å². The lowest BCUT2D eigenvalue weighted by atomic mass is 9.85. The van der Waals surface area contributed by atoms with Gasteiger partial charge in [0.05, 0.1) is 0 Å². The van der Waals surface area contributed by atoms with Crippen LogP contribution in [0.1, 0.15) is 25.8 Å². The maximum Gasteiger partial charge on any atom is 0.328 e. The second kappa shape index (κ2) is 4.21. The lowest BCUT2D eigenvalue weighted by Gasteiger charge is -2.23. The van der Waals surface area contributed by atoms with Crippen molar-refractivity contribution in [1.82, 2.24) is 0 Å².